The fourth-order valence-electron chi connectivity index (χ4n) is 8.18. The topological polar surface area (TPSA) is 69.6 Å². The van der Waals surface area contributed by atoms with Gasteiger partial charge in [-0.25, -0.2) is 0 Å². The third kappa shape index (κ3) is 45.8. The number of rotatable bonds is 48. The van der Waals surface area contributed by atoms with Gasteiger partial charge in [-0.3, -0.25) is 4.79 Å². The molecule has 0 saturated heterocycles. The van der Waals surface area contributed by atoms with Crippen LogP contribution in [0.5, 0.6) is 0 Å². The summed E-state index contributed by atoms with van der Waals surface area (Å²) >= 11 is 0. The first-order chi connectivity index (χ1) is 28.2. The van der Waals surface area contributed by atoms with E-state index in [2.05, 4.69) is 31.3 Å². The van der Waals surface area contributed by atoms with E-state index < -0.39 is 12.1 Å². The highest BCUT2D eigenvalue weighted by molar-refractivity contribution is 5.76. The number of carbonyl (C=O) groups is 1. The summed E-state index contributed by atoms with van der Waals surface area (Å²) in [6.07, 6.45) is 64.6. The number of hydrogen-bond donors (Lipinski definition) is 3. The second-order valence-corrected chi connectivity index (χ2v) is 17.9. The molecule has 0 spiro atoms. The van der Waals surface area contributed by atoms with Gasteiger partial charge in [0.15, 0.2) is 0 Å². The normalized spacial score (nSPS) is 13.0. The molecule has 0 aromatic rings. The average molecular weight is 802 g/mol. The van der Waals surface area contributed by atoms with E-state index in [0.29, 0.717) is 6.42 Å². The highest BCUT2D eigenvalue weighted by Crippen LogP contribution is 2.17. The maximum Gasteiger partial charge on any atom is 0.220 e. The van der Waals surface area contributed by atoms with Crippen molar-refractivity contribution in [3.63, 3.8) is 0 Å². The summed E-state index contributed by atoms with van der Waals surface area (Å²) in [6.45, 7) is 4.34. The monoisotopic (exact) mass is 802 g/mol. The van der Waals surface area contributed by atoms with Crippen molar-refractivity contribution in [1.82, 2.24) is 5.32 Å². The third-order valence-corrected chi connectivity index (χ3v) is 12.2. The van der Waals surface area contributed by atoms with E-state index in [9.17, 15) is 15.0 Å². The van der Waals surface area contributed by atoms with E-state index in [1.807, 2.05) is 6.08 Å². The minimum Gasteiger partial charge on any atom is -0.394 e. The average Bonchev–Trinajstić information content (AvgIpc) is 3.22. The molecule has 4 heteroatoms. The zero-order valence-electron chi connectivity index (χ0n) is 38.9. The van der Waals surface area contributed by atoms with Crippen molar-refractivity contribution in [2.75, 3.05) is 6.61 Å². The predicted octanol–water partition coefficient (Wildman–Crippen LogP) is 16.8. The second kappa shape index (κ2) is 49.2. The fourth-order valence-corrected chi connectivity index (χ4v) is 8.18. The maximum absolute atomic E-state index is 12.4. The van der Waals surface area contributed by atoms with E-state index in [1.165, 1.54) is 244 Å². The number of allylic oxidation sites excluding steroid dienone is 3. The number of aliphatic hydroxyl groups excluding tert-OH is 2. The van der Waals surface area contributed by atoms with Crippen LogP contribution in [0.25, 0.3) is 0 Å². The first kappa shape index (κ1) is 55.9. The van der Waals surface area contributed by atoms with Crippen molar-refractivity contribution in [3.05, 3.63) is 24.3 Å². The summed E-state index contributed by atoms with van der Waals surface area (Å²) in [7, 11) is 0. The molecular weight excluding hydrogens is 699 g/mol. The zero-order chi connectivity index (χ0) is 41.4. The van der Waals surface area contributed by atoms with Gasteiger partial charge >= 0.3 is 0 Å². The van der Waals surface area contributed by atoms with Crippen LogP contribution in [0.15, 0.2) is 24.3 Å². The molecule has 0 bridgehead atoms. The minimum atomic E-state index is -0.840. The van der Waals surface area contributed by atoms with Crippen molar-refractivity contribution in [1.29, 1.82) is 0 Å². The molecule has 0 aromatic carbocycles. The van der Waals surface area contributed by atoms with Crippen LogP contribution in [-0.4, -0.2) is 34.9 Å². The minimum absolute atomic E-state index is 0.0642. The number of amides is 1. The molecule has 2 unspecified atom stereocenters. The first-order valence-electron chi connectivity index (χ1n) is 26.1. The SMILES string of the molecule is CCCCCCCCCCCC/C=C\CCCCCCCCCC(=O)NC(CO)C(O)/C=C/CCCCCCCCCCCCCCCCCCCCCCCC. The van der Waals surface area contributed by atoms with Gasteiger partial charge in [0.1, 0.15) is 0 Å². The van der Waals surface area contributed by atoms with Gasteiger partial charge in [0.25, 0.3) is 0 Å². The first-order valence-corrected chi connectivity index (χ1v) is 26.1. The third-order valence-electron chi connectivity index (χ3n) is 12.2. The fraction of sp³-hybridized carbons (Fsp3) is 0.906. The van der Waals surface area contributed by atoms with Crippen LogP contribution in [0.2, 0.25) is 0 Å². The lowest BCUT2D eigenvalue weighted by molar-refractivity contribution is -0.123. The summed E-state index contributed by atoms with van der Waals surface area (Å²) in [5, 5.41) is 23.1. The number of nitrogens with one attached hydrogen (secondary N) is 1. The quantitative estimate of drug-likeness (QED) is 0.0424. The number of aliphatic hydroxyl groups is 2. The van der Waals surface area contributed by atoms with Gasteiger partial charge in [-0.2, -0.15) is 0 Å². The largest absolute Gasteiger partial charge is 0.394 e. The summed E-state index contributed by atoms with van der Waals surface area (Å²) < 4.78 is 0. The van der Waals surface area contributed by atoms with Gasteiger partial charge < -0.3 is 15.5 Å². The van der Waals surface area contributed by atoms with Gasteiger partial charge in [0.2, 0.25) is 5.91 Å². The van der Waals surface area contributed by atoms with Crippen LogP contribution in [0.4, 0.5) is 0 Å². The Morgan fingerprint density at radius 1 is 0.404 bits per heavy atom. The Hall–Kier alpha value is -1.13. The van der Waals surface area contributed by atoms with Crippen LogP contribution in [0.1, 0.15) is 290 Å². The Kier molecular flexibility index (Phi) is 48.3. The Morgan fingerprint density at radius 2 is 0.667 bits per heavy atom. The molecule has 57 heavy (non-hydrogen) atoms. The lowest BCUT2D eigenvalue weighted by atomic mass is 10.0. The van der Waals surface area contributed by atoms with Crippen LogP contribution in [0, 0.1) is 0 Å². The van der Waals surface area contributed by atoms with E-state index in [0.717, 1.165) is 25.7 Å². The summed E-state index contributed by atoms with van der Waals surface area (Å²) in [4.78, 5) is 12.4. The summed E-state index contributed by atoms with van der Waals surface area (Å²) in [5.74, 6) is -0.0642. The van der Waals surface area contributed by atoms with Crippen LogP contribution >= 0.6 is 0 Å². The lowest BCUT2D eigenvalue weighted by Gasteiger charge is -2.20. The Bertz CT molecular complexity index is 825. The van der Waals surface area contributed by atoms with Crippen molar-refractivity contribution in [2.24, 2.45) is 0 Å². The van der Waals surface area contributed by atoms with Crippen molar-refractivity contribution < 1.29 is 15.0 Å². The molecule has 1 amide bonds. The molecule has 0 fully saturated rings. The molecule has 0 heterocycles. The molecule has 338 valence electrons. The highest BCUT2D eigenvalue weighted by atomic mass is 16.3. The Balaban J connectivity index is 3.50. The van der Waals surface area contributed by atoms with Crippen molar-refractivity contribution in [2.45, 2.75) is 302 Å². The number of carbonyl (C=O) groups excluding carboxylic acids is 1. The molecule has 0 radical (unpaired) electrons. The zero-order valence-corrected chi connectivity index (χ0v) is 38.9. The van der Waals surface area contributed by atoms with Gasteiger partial charge in [0, 0.05) is 6.42 Å². The molecule has 3 N–H and O–H groups in total. The molecule has 4 nitrogen and oxygen atoms in total. The Morgan fingerprint density at radius 3 is 0.965 bits per heavy atom. The van der Waals surface area contributed by atoms with Crippen LogP contribution in [-0.2, 0) is 4.79 Å². The molecule has 0 saturated carbocycles. The summed E-state index contributed by atoms with van der Waals surface area (Å²) in [5.41, 5.74) is 0. The van der Waals surface area contributed by atoms with E-state index in [4.69, 9.17) is 0 Å². The molecule has 0 aliphatic heterocycles. The molecule has 2 atom stereocenters. The van der Waals surface area contributed by atoms with E-state index in [-0.39, 0.29) is 12.5 Å². The van der Waals surface area contributed by atoms with Crippen LogP contribution in [0.3, 0.4) is 0 Å². The van der Waals surface area contributed by atoms with Gasteiger partial charge in [-0.05, 0) is 44.9 Å². The maximum atomic E-state index is 12.4. The summed E-state index contributed by atoms with van der Waals surface area (Å²) in [6, 6.07) is -0.623. The second-order valence-electron chi connectivity index (χ2n) is 17.9. The number of hydrogen-bond acceptors (Lipinski definition) is 3. The van der Waals surface area contributed by atoms with Crippen molar-refractivity contribution >= 4 is 5.91 Å². The molecule has 0 aliphatic rings. The highest BCUT2D eigenvalue weighted by Gasteiger charge is 2.18. The molecular formula is C53H103NO3. The smallest absolute Gasteiger partial charge is 0.220 e. The number of unbranched alkanes of at least 4 members (excludes halogenated alkanes) is 39. The standard InChI is InChI=1S/C53H103NO3/c1-3-5-7-9-11-13-15-17-19-21-23-25-26-27-29-30-32-34-36-38-40-42-44-46-48-52(56)51(50-55)54-53(57)49-47-45-43-41-39-37-35-33-31-28-24-22-20-18-16-14-12-10-8-6-4-2/h28,31,46,48,51-52,55-56H,3-27,29-30,32-45,47,49-50H2,1-2H3,(H,54,57)/b31-28-,48-46+. The van der Waals surface area contributed by atoms with Gasteiger partial charge in [-0.15, -0.1) is 0 Å². The van der Waals surface area contributed by atoms with Crippen molar-refractivity contribution in [3.8, 4) is 0 Å². The van der Waals surface area contributed by atoms with Gasteiger partial charge in [-0.1, -0.05) is 263 Å². The lowest BCUT2D eigenvalue weighted by Crippen LogP contribution is -2.45. The van der Waals surface area contributed by atoms with Gasteiger partial charge in [0.05, 0.1) is 18.8 Å². The Labute approximate surface area is 358 Å². The predicted molar refractivity (Wildman–Crippen MR) is 253 cm³/mol. The van der Waals surface area contributed by atoms with E-state index >= 15 is 0 Å². The molecule has 0 rings (SSSR count). The van der Waals surface area contributed by atoms with E-state index in [1.54, 1.807) is 6.08 Å². The van der Waals surface area contributed by atoms with Crippen LogP contribution < -0.4 is 5.32 Å². The molecule has 0 aliphatic carbocycles. The molecule has 0 aromatic heterocycles.